The van der Waals surface area contributed by atoms with Crippen LogP contribution in [0, 0.1) is 0 Å². The highest BCUT2D eigenvalue weighted by molar-refractivity contribution is 6.27. The molecule has 2 heterocycles. The van der Waals surface area contributed by atoms with Crippen molar-refractivity contribution in [1.29, 1.82) is 0 Å². The SMILES string of the molecule is c1ccc(-c2cccc(-c3nc(-c4cccc(-c5cccc(-c6cccc(-c7nc(-c8ccccc8)nc(-c8ccc(-c9cccc(-c%10ccc%11c%12ccccc%12c%12ccccc%12c%11c%10)c9)cc8)n7)c6)c5)c4)nc(-c4cccc(-c5cccc(-c6ccc7c8ccccc8c8ccccc8c7c6)c5)c4)n3)c2)cc1. The summed E-state index contributed by atoms with van der Waals surface area (Å²) in [6.07, 6.45) is 0. The second kappa shape index (κ2) is 27.0. The van der Waals surface area contributed by atoms with Gasteiger partial charge in [0.15, 0.2) is 34.9 Å². The smallest absolute Gasteiger partial charge is 0.164 e. The lowest BCUT2D eigenvalue weighted by molar-refractivity contribution is 1.07. The molecule has 0 aliphatic heterocycles. The van der Waals surface area contributed by atoms with Crippen LogP contribution in [0.4, 0.5) is 0 Å². The van der Waals surface area contributed by atoms with E-state index in [0.717, 1.165) is 106 Å². The topological polar surface area (TPSA) is 77.3 Å². The fourth-order valence-corrected chi connectivity index (χ4v) is 15.7. The number of nitrogens with zero attached hydrogens (tertiary/aromatic N) is 6. The van der Waals surface area contributed by atoms with Crippen molar-refractivity contribution >= 4 is 64.6 Å². The Kier molecular flexibility index (Phi) is 15.8. The summed E-state index contributed by atoms with van der Waals surface area (Å²) in [7, 11) is 0. The van der Waals surface area contributed by atoms with Crippen molar-refractivity contribution in [3.05, 3.63) is 388 Å². The first kappa shape index (κ1) is 63.2. The molecule has 0 saturated carbocycles. The summed E-state index contributed by atoms with van der Waals surface area (Å²) >= 11 is 0. The molecule has 0 radical (unpaired) electrons. The summed E-state index contributed by atoms with van der Waals surface area (Å²) in [4.78, 5) is 31.5. The third-order valence-corrected chi connectivity index (χ3v) is 21.1. The van der Waals surface area contributed by atoms with E-state index >= 15 is 0 Å². The van der Waals surface area contributed by atoms with Crippen LogP contribution in [-0.4, -0.2) is 29.9 Å². The Hall–Kier alpha value is -14.5. The molecule has 108 heavy (non-hydrogen) atoms. The average Bonchev–Trinajstić information content (AvgIpc) is 0.746. The monoisotopic (exact) mass is 1370 g/mol. The zero-order valence-electron chi connectivity index (χ0n) is 58.6. The van der Waals surface area contributed by atoms with E-state index in [-0.39, 0.29) is 0 Å². The molecule has 20 rings (SSSR count). The molecule has 0 spiro atoms. The van der Waals surface area contributed by atoms with Crippen LogP contribution >= 0.6 is 0 Å². The first-order valence-electron chi connectivity index (χ1n) is 36.6. The summed E-state index contributed by atoms with van der Waals surface area (Å²) in [5.41, 5.74) is 20.7. The molecule has 502 valence electrons. The van der Waals surface area contributed by atoms with Crippen molar-refractivity contribution in [3.8, 4) is 146 Å². The fourth-order valence-electron chi connectivity index (χ4n) is 15.7. The van der Waals surface area contributed by atoms with E-state index in [0.29, 0.717) is 34.9 Å². The molecular formula is C102H64N6. The number of rotatable bonds is 13. The summed E-state index contributed by atoms with van der Waals surface area (Å²) in [5.74, 6) is 3.52. The second-order valence-corrected chi connectivity index (χ2v) is 27.7. The van der Waals surface area contributed by atoms with E-state index in [2.05, 4.69) is 364 Å². The van der Waals surface area contributed by atoms with E-state index in [9.17, 15) is 0 Å². The van der Waals surface area contributed by atoms with Crippen LogP contribution in [-0.2, 0) is 0 Å². The molecule has 18 aromatic carbocycles. The van der Waals surface area contributed by atoms with Gasteiger partial charge in [0.05, 0.1) is 0 Å². The minimum absolute atomic E-state index is 0.572. The molecule has 0 amide bonds. The average molecular weight is 1370 g/mol. The molecule has 0 atom stereocenters. The van der Waals surface area contributed by atoms with E-state index < -0.39 is 0 Å². The van der Waals surface area contributed by atoms with Crippen LogP contribution in [0.2, 0.25) is 0 Å². The number of fused-ring (bicyclic) bond motifs is 12. The Morgan fingerprint density at radius 1 is 0.0926 bits per heavy atom. The van der Waals surface area contributed by atoms with Crippen molar-refractivity contribution < 1.29 is 0 Å². The normalized spacial score (nSPS) is 11.5. The summed E-state index contributed by atoms with van der Waals surface area (Å²) in [5, 5.41) is 15.1. The van der Waals surface area contributed by atoms with Crippen molar-refractivity contribution in [1.82, 2.24) is 29.9 Å². The molecule has 0 aliphatic rings. The van der Waals surface area contributed by atoms with Gasteiger partial charge in [-0.2, -0.15) is 0 Å². The third kappa shape index (κ3) is 11.9. The quantitative estimate of drug-likeness (QED) is 0.107. The van der Waals surface area contributed by atoms with Gasteiger partial charge in [-0.05, 0) is 197 Å². The van der Waals surface area contributed by atoms with Gasteiger partial charge >= 0.3 is 0 Å². The predicted octanol–water partition coefficient (Wildman–Crippen LogP) is 26.6. The Balaban J connectivity index is 0.611. The van der Waals surface area contributed by atoms with E-state index in [1.165, 1.54) is 70.2 Å². The summed E-state index contributed by atoms with van der Waals surface area (Å²) in [6, 6.07) is 138. The molecule has 0 fully saturated rings. The first-order valence-corrected chi connectivity index (χ1v) is 36.6. The maximum absolute atomic E-state index is 5.35. The lowest BCUT2D eigenvalue weighted by Gasteiger charge is -2.13. The molecule has 0 saturated heterocycles. The van der Waals surface area contributed by atoms with E-state index in [4.69, 9.17) is 29.9 Å². The minimum atomic E-state index is 0.572. The maximum Gasteiger partial charge on any atom is 0.164 e. The van der Waals surface area contributed by atoms with Crippen molar-refractivity contribution in [3.63, 3.8) is 0 Å². The first-order chi connectivity index (χ1) is 53.5. The van der Waals surface area contributed by atoms with Gasteiger partial charge in [0.2, 0.25) is 0 Å². The second-order valence-electron chi connectivity index (χ2n) is 27.7. The molecule has 2 aromatic heterocycles. The zero-order chi connectivity index (χ0) is 71.4. The Morgan fingerprint density at radius 3 is 0.537 bits per heavy atom. The van der Waals surface area contributed by atoms with Gasteiger partial charge in [0.25, 0.3) is 0 Å². The van der Waals surface area contributed by atoms with Crippen LogP contribution in [0.1, 0.15) is 0 Å². The lowest BCUT2D eigenvalue weighted by atomic mass is 9.91. The molecular weight excluding hydrogens is 1310 g/mol. The van der Waals surface area contributed by atoms with Gasteiger partial charge in [0.1, 0.15) is 0 Å². The number of hydrogen-bond donors (Lipinski definition) is 0. The predicted molar refractivity (Wildman–Crippen MR) is 449 cm³/mol. The molecule has 0 bridgehead atoms. The van der Waals surface area contributed by atoms with Gasteiger partial charge in [0, 0.05) is 33.4 Å². The summed E-state index contributed by atoms with van der Waals surface area (Å²) in [6.45, 7) is 0. The zero-order valence-corrected chi connectivity index (χ0v) is 58.6. The Bertz CT molecular complexity index is 6860. The van der Waals surface area contributed by atoms with Gasteiger partial charge in [-0.25, -0.2) is 29.9 Å². The van der Waals surface area contributed by atoms with E-state index in [1.807, 2.05) is 24.3 Å². The van der Waals surface area contributed by atoms with Gasteiger partial charge in [-0.15, -0.1) is 0 Å². The molecule has 20 aromatic rings. The van der Waals surface area contributed by atoms with Crippen LogP contribution in [0.5, 0.6) is 0 Å². The van der Waals surface area contributed by atoms with Crippen LogP contribution < -0.4 is 0 Å². The third-order valence-electron chi connectivity index (χ3n) is 21.1. The number of benzene rings is 18. The van der Waals surface area contributed by atoms with Crippen LogP contribution in [0.15, 0.2) is 388 Å². The lowest BCUT2D eigenvalue weighted by Crippen LogP contribution is -2.00. The Labute approximate surface area is 625 Å². The largest absolute Gasteiger partial charge is 0.208 e. The van der Waals surface area contributed by atoms with Gasteiger partial charge in [-0.3, -0.25) is 0 Å². The highest BCUT2D eigenvalue weighted by Crippen LogP contribution is 2.42. The highest BCUT2D eigenvalue weighted by Gasteiger charge is 2.20. The van der Waals surface area contributed by atoms with Crippen molar-refractivity contribution in [2.45, 2.75) is 0 Å². The fraction of sp³-hybridized carbons (Fsp3) is 0. The molecule has 0 N–H and O–H groups in total. The van der Waals surface area contributed by atoms with Gasteiger partial charge < -0.3 is 0 Å². The summed E-state index contributed by atoms with van der Waals surface area (Å²) < 4.78 is 0. The number of aromatic nitrogens is 6. The standard InChI is InChI=1S/C102H64N6/c1-3-22-65(23-4-1)70-27-18-36-81(59-70)100-106-101(108-102(107-100)84-39-21-35-78(62-84)73-30-17-32-75(58-73)80-53-55-94-90-45-10-8-41-86(90)88-43-12-14-47-92(88)96(94)64-80)83-38-20-34-77(61-83)72-29-16-28-71(57-72)76-33-19-37-82(60-76)99-104-97(67-24-5-2-6-25-67)103-98(105-99)68-50-48-66(49-51-68)69-26-15-31-74(56-69)79-52-54-93-89-44-9-7-40-85(89)87-42-11-13-46-91(87)95(93)63-79/h1-64H. The minimum Gasteiger partial charge on any atom is -0.208 e. The molecule has 0 aliphatic carbocycles. The molecule has 0 unspecified atom stereocenters. The van der Waals surface area contributed by atoms with Crippen molar-refractivity contribution in [2.75, 3.05) is 0 Å². The van der Waals surface area contributed by atoms with Gasteiger partial charge in [-0.1, -0.05) is 334 Å². The molecule has 6 nitrogen and oxygen atoms in total. The van der Waals surface area contributed by atoms with Crippen LogP contribution in [0.25, 0.3) is 211 Å². The number of hydrogen-bond acceptors (Lipinski definition) is 6. The van der Waals surface area contributed by atoms with E-state index in [1.54, 1.807) is 0 Å². The Morgan fingerprint density at radius 2 is 0.250 bits per heavy atom. The highest BCUT2D eigenvalue weighted by atomic mass is 15.0. The maximum atomic E-state index is 5.35. The molecule has 6 heteroatoms. The van der Waals surface area contributed by atoms with Crippen molar-refractivity contribution in [2.24, 2.45) is 0 Å². The van der Waals surface area contributed by atoms with Crippen LogP contribution in [0.3, 0.4) is 0 Å².